The Bertz CT molecular complexity index is 1780. The van der Waals surface area contributed by atoms with Gasteiger partial charge in [-0.1, -0.05) is 100.0 Å². The van der Waals surface area contributed by atoms with Crippen LogP contribution in [0.2, 0.25) is 0 Å². The highest BCUT2D eigenvalue weighted by atomic mass is 32.2. The Morgan fingerprint density at radius 1 is 0.872 bits per heavy atom. The second kappa shape index (κ2) is 16.3. The second-order valence-electron chi connectivity index (χ2n) is 14.3. The molecule has 0 saturated carbocycles. The molecular formula is C41H54S6. The third kappa shape index (κ3) is 8.31. The van der Waals surface area contributed by atoms with Crippen LogP contribution in [0.1, 0.15) is 115 Å². The van der Waals surface area contributed by atoms with Gasteiger partial charge in [-0.2, -0.15) is 0 Å². The third-order valence-corrected chi connectivity index (χ3v) is 16.9. The van der Waals surface area contributed by atoms with E-state index in [4.69, 9.17) is 12.6 Å². The van der Waals surface area contributed by atoms with Crippen molar-refractivity contribution < 1.29 is 0 Å². The molecule has 47 heavy (non-hydrogen) atoms. The molecule has 0 bridgehead atoms. The molecule has 2 unspecified atom stereocenters. The molecule has 0 radical (unpaired) electrons. The smallest absolute Gasteiger partial charge is 0.0449 e. The van der Waals surface area contributed by atoms with Crippen LogP contribution in [0, 0.1) is 17.8 Å². The topological polar surface area (TPSA) is 0 Å². The van der Waals surface area contributed by atoms with Gasteiger partial charge in [0.2, 0.25) is 0 Å². The molecule has 0 spiro atoms. The lowest BCUT2D eigenvalue weighted by Gasteiger charge is -2.21. The van der Waals surface area contributed by atoms with Crippen LogP contribution in [0.15, 0.2) is 46.7 Å². The van der Waals surface area contributed by atoms with Crippen LogP contribution in [-0.2, 0) is 11.8 Å². The van der Waals surface area contributed by atoms with E-state index in [-0.39, 0.29) is 5.41 Å². The van der Waals surface area contributed by atoms with E-state index in [2.05, 4.69) is 104 Å². The van der Waals surface area contributed by atoms with Crippen molar-refractivity contribution in [2.45, 2.75) is 113 Å². The van der Waals surface area contributed by atoms with Crippen molar-refractivity contribution in [1.29, 1.82) is 0 Å². The average molecular weight is 739 g/mol. The Morgan fingerprint density at radius 3 is 2.21 bits per heavy atom. The summed E-state index contributed by atoms with van der Waals surface area (Å²) in [6.45, 7) is 21.1. The molecule has 2 atom stereocenters. The van der Waals surface area contributed by atoms with Crippen LogP contribution in [-0.4, -0.2) is 5.75 Å². The summed E-state index contributed by atoms with van der Waals surface area (Å²) in [5, 5.41) is 5.04. The van der Waals surface area contributed by atoms with E-state index in [0.29, 0.717) is 5.92 Å². The molecule has 0 nitrogen and oxygen atoms in total. The molecule has 4 aromatic heterocycles. The highest BCUT2D eigenvalue weighted by Gasteiger charge is 2.26. The van der Waals surface area contributed by atoms with Gasteiger partial charge in [-0.05, 0) is 77.1 Å². The predicted octanol–water partition coefficient (Wildman–Crippen LogP) is 16.1. The number of unbranched alkanes of at least 4 members (excludes halogenated alkanes) is 1. The van der Waals surface area contributed by atoms with Gasteiger partial charge in [0.15, 0.2) is 0 Å². The predicted molar refractivity (Wildman–Crippen MR) is 227 cm³/mol. The first-order chi connectivity index (χ1) is 22.5. The number of allylic oxidation sites excluding steroid dienone is 1. The third-order valence-electron chi connectivity index (χ3n) is 9.89. The lowest BCUT2D eigenvalue weighted by atomic mass is 9.91. The first-order valence-electron chi connectivity index (χ1n) is 17.7. The zero-order valence-electron chi connectivity index (χ0n) is 29.9. The van der Waals surface area contributed by atoms with Crippen molar-refractivity contribution >= 4 is 94.8 Å². The number of thiol groups is 1. The van der Waals surface area contributed by atoms with Crippen LogP contribution in [0.25, 0.3) is 46.0 Å². The van der Waals surface area contributed by atoms with Gasteiger partial charge in [0.1, 0.15) is 0 Å². The summed E-state index contributed by atoms with van der Waals surface area (Å²) in [4.78, 5) is 9.54. The molecule has 0 amide bonds. The minimum atomic E-state index is 0.0987. The van der Waals surface area contributed by atoms with E-state index in [1.54, 1.807) is 0 Å². The van der Waals surface area contributed by atoms with Gasteiger partial charge in [0.25, 0.3) is 0 Å². The van der Waals surface area contributed by atoms with Crippen LogP contribution >= 0.6 is 69.7 Å². The van der Waals surface area contributed by atoms with Crippen molar-refractivity contribution in [3.05, 3.63) is 61.3 Å². The summed E-state index contributed by atoms with van der Waals surface area (Å²) in [5.41, 5.74) is 2.94. The van der Waals surface area contributed by atoms with Gasteiger partial charge >= 0.3 is 0 Å². The van der Waals surface area contributed by atoms with E-state index in [1.165, 1.54) is 106 Å². The quantitative estimate of drug-likeness (QED) is 0.104. The van der Waals surface area contributed by atoms with Crippen molar-refractivity contribution in [3.8, 4) is 20.9 Å². The largest absolute Gasteiger partial charge is 0.144 e. The lowest BCUT2D eigenvalue weighted by molar-refractivity contribution is 0.368. The lowest BCUT2D eigenvalue weighted by Crippen LogP contribution is -2.12. The Morgan fingerprint density at radius 2 is 1.57 bits per heavy atom. The van der Waals surface area contributed by atoms with Crippen LogP contribution < -0.4 is 0 Å². The summed E-state index contributed by atoms with van der Waals surface area (Å²) in [7, 11) is 0. The van der Waals surface area contributed by atoms with Crippen LogP contribution in [0.4, 0.5) is 0 Å². The van der Waals surface area contributed by atoms with Gasteiger partial charge in [0, 0.05) is 66.3 Å². The molecule has 0 fully saturated rings. The van der Waals surface area contributed by atoms with Crippen molar-refractivity contribution in [3.63, 3.8) is 0 Å². The number of thiophene rings is 4. The summed E-state index contributed by atoms with van der Waals surface area (Å²) in [6, 6.07) is 14.4. The first kappa shape index (κ1) is 37.2. The monoisotopic (exact) mass is 738 g/mol. The van der Waals surface area contributed by atoms with E-state index < -0.39 is 0 Å². The molecule has 6 heteroatoms. The van der Waals surface area contributed by atoms with Gasteiger partial charge in [0.05, 0.1) is 0 Å². The highest BCUT2D eigenvalue weighted by Crippen LogP contribution is 2.53. The molecule has 0 aliphatic carbocycles. The maximum Gasteiger partial charge on any atom is 0.0449 e. The van der Waals surface area contributed by atoms with Gasteiger partial charge < -0.3 is 0 Å². The van der Waals surface area contributed by atoms with Crippen LogP contribution in [0.3, 0.4) is 0 Å². The van der Waals surface area contributed by atoms with Crippen molar-refractivity contribution in [2.75, 3.05) is 5.75 Å². The van der Waals surface area contributed by atoms with Crippen LogP contribution in [0.5, 0.6) is 0 Å². The zero-order chi connectivity index (χ0) is 33.9. The fourth-order valence-electron chi connectivity index (χ4n) is 6.74. The molecular weight excluding hydrogens is 685 g/mol. The molecule has 0 aliphatic heterocycles. The Kier molecular flexibility index (Phi) is 12.9. The van der Waals surface area contributed by atoms with E-state index >= 15 is 0 Å². The van der Waals surface area contributed by atoms with E-state index in [0.717, 1.165) is 22.5 Å². The number of thioether (sulfide) groups is 1. The summed E-state index contributed by atoms with van der Waals surface area (Å²) in [5.74, 6) is 3.42. The molecule has 0 N–H and O–H groups in total. The molecule has 254 valence electrons. The fraction of sp³-hybridized carbons (Fsp3) is 0.512. The standard InChI is InChI=1S/C41H54S6/c1-10-14-16-27(11-2)21-29-18-19-33(45-29)37-31-23-35(41(7,8)9)47-40(31)36(32-17-15-20-43-32)30-22-34(46-39(30)37)38(42)26(6)44-24-25(5)28(12-3)13-4/h15,17-20,22-23,25,27-28,42H,10-14,16,21,24H2,1-9H3/b38-26+. The fourth-order valence-corrected chi connectivity index (χ4v) is 12.9. The Balaban J connectivity index is 1.68. The molecule has 0 aliphatic rings. The zero-order valence-corrected chi connectivity index (χ0v) is 34.9. The second-order valence-corrected chi connectivity index (χ2v) is 20.2. The first-order valence-corrected chi connectivity index (χ1v) is 22.5. The summed E-state index contributed by atoms with van der Waals surface area (Å²) >= 11 is 15.1. The van der Waals surface area contributed by atoms with Gasteiger partial charge in [-0.25, -0.2) is 0 Å². The van der Waals surface area contributed by atoms with Crippen molar-refractivity contribution in [1.82, 2.24) is 0 Å². The highest BCUT2D eigenvalue weighted by molar-refractivity contribution is 8.04. The number of hydrogen-bond donors (Lipinski definition) is 1. The van der Waals surface area contributed by atoms with Crippen molar-refractivity contribution in [2.24, 2.45) is 17.8 Å². The number of rotatable bonds is 15. The summed E-state index contributed by atoms with van der Waals surface area (Å²) in [6.07, 6.45) is 8.93. The number of hydrogen-bond acceptors (Lipinski definition) is 6. The Hall–Kier alpha value is -1.02. The number of fused-ring (bicyclic) bond motifs is 2. The minimum absolute atomic E-state index is 0.0987. The Labute approximate surface area is 310 Å². The molecule has 5 aromatic rings. The maximum atomic E-state index is 5.23. The van der Waals surface area contributed by atoms with Gasteiger partial charge in [-0.3, -0.25) is 0 Å². The SMILES string of the molecule is CCCCC(CC)Cc1ccc(-c2c3cc(C(C)(C)C)sc3c(-c3cccs3)c3cc(/C(S)=C(/C)SCC(C)C(CC)CC)sc23)s1. The van der Waals surface area contributed by atoms with E-state index in [1.807, 2.05) is 57.1 Å². The van der Waals surface area contributed by atoms with Gasteiger partial charge in [-0.15, -0.1) is 69.7 Å². The van der Waals surface area contributed by atoms with E-state index in [9.17, 15) is 0 Å². The average Bonchev–Trinajstić information content (AvgIpc) is 3.87. The normalized spacial score (nSPS) is 14.4. The molecule has 5 rings (SSSR count). The molecule has 1 aromatic carbocycles. The molecule has 0 saturated heterocycles. The minimum Gasteiger partial charge on any atom is -0.144 e. The number of benzene rings is 1. The summed E-state index contributed by atoms with van der Waals surface area (Å²) < 4.78 is 2.85. The maximum absolute atomic E-state index is 5.23. The molecule has 4 heterocycles.